The number of rotatable bonds is 5. The third-order valence-corrected chi connectivity index (χ3v) is 5.24. The number of aromatic nitrogens is 4. The van der Waals surface area contributed by atoms with Gasteiger partial charge in [-0.05, 0) is 42.5 Å². The van der Waals surface area contributed by atoms with Crippen LogP contribution in [0.1, 0.15) is 30.9 Å². The van der Waals surface area contributed by atoms with Crippen molar-refractivity contribution < 1.29 is 4.79 Å². The van der Waals surface area contributed by atoms with Crippen LogP contribution in [-0.4, -0.2) is 38.8 Å². The predicted molar refractivity (Wildman–Crippen MR) is 103 cm³/mol. The summed E-state index contributed by atoms with van der Waals surface area (Å²) in [6.45, 7) is 4.38. The van der Waals surface area contributed by atoms with Crippen LogP contribution in [0.25, 0.3) is 5.65 Å². The van der Waals surface area contributed by atoms with Crippen molar-refractivity contribution in [2.24, 2.45) is 5.92 Å². The Morgan fingerprint density at radius 3 is 2.59 bits per heavy atom. The molecule has 27 heavy (non-hydrogen) atoms. The summed E-state index contributed by atoms with van der Waals surface area (Å²) in [5.74, 6) is 1.11. The standard InChI is InChI=1S/C20H24N6O/c1-2-15-3-5-16(6-4-15)13-21-20(27)17-9-11-25(12-10-17)19-8-7-18-23-22-14-26(18)24-19/h3-8,14,17H,2,9-13H2,1H3,(H,21,27). The highest BCUT2D eigenvalue weighted by molar-refractivity contribution is 5.79. The highest BCUT2D eigenvalue weighted by Gasteiger charge is 2.25. The molecule has 1 fully saturated rings. The first-order valence-electron chi connectivity index (χ1n) is 9.50. The van der Waals surface area contributed by atoms with E-state index in [1.807, 2.05) is 12.1 Å². The lowest BCUT2D eigenvalue weighted by molar-refractivity contribution is -0.125. The summed E-state index contributed by atoms with van der Waals surface area (Å²) < 4.78 is 1.68. The average Bonchev–Trinajstić information content (AvgIpc) is 3.20. The molecule has 3 aromatic rings. The number of carbonyl (C=O) groups excluding carboxylic acids is 1. The maximum absolute atomic E-state index is 12.5. The van der Waals surface area contributed by atoms with Crippen molar-refractivity contribution in [2.45, 2.75) is 32.7 Å². The Bertz CT molecular complexity index is 912. The molecule has 1 aliphatic heterocycles. The number of anilines is 1. The van der Waals surface area contributed by atoms with Gasteiger partial charge >= 0.3 is 0 Å². The van der Waals surface area contributed by atoms with Crippen molar-refractivity contribution >= 4 is 17.4 Å². The largest absolute Gasteiger partial charge is 0.355 e. The second-order valence-electron chi connectivity index (χ2n) is 6.97. The quantitative estimate of drug-likeness (QED) is 0.751. The number of nitrogens with zero attached hydrogens (tertiary/aromatic N) is 5. The van der Waals surface area contributed by atoms with Crippen molar-refractivity contribution in [2.75, 3.05) is 18.0 Å². The predicted octanol–water partition coefficient (Wildman–Crippen LogP) is 2.22. The molecular weight excluding hydrogens is 340 g/mol. The molecule has 0 radical (unpaired) electrons. The van der Waals surface area contributed by atoms with Crippen LogP contribution >= 0.6 is 0 Å². The first kappa shape index (κ1) is 17.5. The number of piperidine rings is 1. The summed E-state index contributed by atoms with van der Waals surface area (Å²) in [7, 11) is 0. The summed E-state index contributed by atoms with van der Waals surface area (Å²) in [4.78, 5) is 14.7. The molecule has 3 heterocycles. The second-order valence-corrected chi connectivity index (χ2v) is 6.97. The minimum atomic E-state index is 0.0646. The molecule has 0 saturated carbocycles. The lowest BCUT2D eigenvalue weighted by Crippen LogP contribution is -2.40. The molecule has 0 atom stereocenters. The van der Waals surface area contributed by atoms with Gasteiger partial charge in [0.1, 0.15) is 12.1 Å². The summed E-state index contributed by atoms with van der Waals surface area (Å²) in [5, 5.41) is 15.5. The molecule has 0 aliphatic carbocycles. The van der Waals surface area contributed by atoms with E-state index in [1.165, 1.54) is 5.56 Å². The summed E-state index contributed by atoms with van der Waals surface area (Å²) >= 11 is 0. The molecule has 1 saturated heterocycles. The smallest absolute Gasteiger partial charge is 0.223 e. The van der Waals surface area contributed by atoms with Gasteiger partial charge in [-0.3, -0.25) is 4.79 Å². The molecule has 1 aromatic carbocycles. The van der Waals surface area contributed by atoms with Gasteiger partial charge in [0.2, 0.25) is 5.91 Å². The van der Waals surface area contributed by atoms with E-state index in [9.17, 15) is 4.79 Å². The summed E-state index contributed by atoms with van der Waals surface area (Å²) in [5.41, 5.74) is 3.19. The van der Waals surface area contributed by atoms with Gasteiger partial charge in [0.15, 0.2) is 5.65 Å². The van der Waals surface area contributed by atoms with Crippen molar-refractivity contribution in [3.05, 3.63) is 53.9 Å². The Kier molecular flexibility index (Phi) is 5.00. The van der Waals surface area contributed by atoms with Crippen LogP contribution in [0.4, 0.5) is 5.82 Å². The zero-order valence-electron chi connectivity index (χ0n) is 15.5. The van der Waals surface area contributed by atoms with Crippen LogP contribution in [-0.2, 0) is 17.8 Å². The molecule has 1 amide bonds. The van der Waals surface area contributed by atoms with E-state index >= 15 is 0 Å². The fourth-order valence-corrected chi connectivity index (χ4v) is 3.48. The van der Waals surface area contributed by atoms with E-state index in [-0.39, 0.29) is 11.8 Å². The van der Waals surface area contributed by atoms with Crippen LogP contribution in [0.5, 0.6) is 0 Å². The summed E-state index contributed by atoms with van der Waals surface area (Å²) in [6.07, 6.45) is 4.31. The number of hydrogen-bond donors (Lipinski definition) is 1. The molecule has 140 valence electrons. The van der Waals surface area contributed by atoms with E-state index in [4.69, 9.17) is 0 Å². The average molecular weight is 364 g/mol. The van der Waals surface area contributed by atoms with Gasteiger partial charge in [-0.25, -0.2) is 0 Å². The molecule has 1 N–H and O–H groups in total. The van der Waals surface area contributed by atoms with E-state index in [1.54, 1.807) is 10.8 Å². The normalized spacial score (nSPS) is 15.2. The lowest BCUT2D eigenvalue weighted by Gasteiger charge is -2.32. The van der Waals surface area contributed by atoms with E-state index < -0.39 is 0 Å². The Hall–Kier alpha value is -2.96. The molecule has 7 nitrogen and oxygen atoms in total. The van der Waals surface area contributed by atoms with Crippen LogP contribution < -0.4 is 10.2 Å². The van der Waals surface area contributed by atoms with Crippen LogP contribution in [0.15, 0.2) is 42.7 Å². The van der Waals surface area contributed by atoms with Gasteiger partial charge in [0, 0.05) is 25.6 Å². The Morgan fingerprint density at radius 1 is 1.11 bits per heavy atom. The number of hydrogen-bond acceptors (Lipinski definition) is 5. The van der Waals surface area contributed by atoms with Crippen molar-refractivity contribution in [3.63, 3.8) is 0 Å². The van der Waals surface area contributed by atoms with E-state index in [2.05, 4.69) is 56.7 Å². The molecular formula is C20H24N6O. The lowest BCUT2D eigenvalue weighted by atomic mass is 9.96. The fraction of sp³-hybridized carbons (Fsp3) is 0.400. The number of amides is 1. The number of benzene rings is 1. The zero-order valence-corrected chi connectivity index (χ0v) is 15.5. The highest BCUT2D eigenvalue weighted by atomic mass is 16.1. The maximum atomic E-state index is 12.5. The molecule has 0 unspecified atom stereocenters. The maximum Gasteiger partial charge on any atom is 0.223 e. The zero-order chi connectivity index (χ0) is 18.6. The number of nitrogens with one attached hydrogen (secondary N) is 1. The molecule has 0 spiro atoms. The Morgan fingerprint density at radius 2 is 1.85 bits per heavy atom. The van der Waals surface area contributed by atoms with Crippen LogP contribution in [0.2, 0.25) is 0 Å². The van der Waals surface area contributed by atoms with Gasteiger partial charge in [-0.15, -0.1) is 15.3 Å². The van der Waals surface area contributed by atoms with Crippen molar-refractivity contribution in [1.82, 2.24) is 25.1 Å². The number of fused-ring (bicyclic) bond motifs is 1. The van der Waals surface area contributed by atoms with Crippen molar-refractivity contribution in [1.29, 1.82) is 0 Å². The minimum absolute atomic E-state index is 0.0646. The Labute approximate surface area is 158 Å². The van der Waals surface area contributed by atoms with Gasteiger partial charge in [-0.1, -0.05) is 31.2 Å². The Balaban J connectivity index is 1.29. The van der Waals surface area contributed by atoms with Crippen molar-refractivity contribution in [3.8, 4) is 0 Å². The van der Waals surface area contributed by atoms with Gasteiger partial charge < -0.3 is 10.2 Å². The molecule has 4 rings (SSSR count). The molecule has 2 aromatic heterocycles. The third-order valence-electron chi connectivity index (χ3n) is 5.24. The molecule has 1 aliphatic rings. The summed E-state index contributed by atoms with van der Waals surface area (Å²) in [6, 6.07) is 12.3. The van der Waals surface area contributed by atoms with Gasteiger partial charge in [0.25, 0.3) is 0 Å². The van der Waals surface area contributed by atoms with E-state index in [0.29, 0.717) is 6.54 Å². The van der Waals surface area contributed by atoms with Crippen LogP contribution in [0.3, 0.4) is 0 Å². The van der Waals surface area contributed by atoms with Crippen LogP contribution in [0, 0.1) is 5.92 Å². The van der Waals surface area contributed by atoms with Gasteiger partial charge in [0.05, 0.1) is 0 Å². The number of aryl methyl sites for hydroxylation is 1. The highest BCUT2D eigenvalue weighted by Crippen LogP contribution is 2.22. The fourth-order valence-electron chi connectivity index (χ4n) is 3.48. The van der Waals surface area contributed by atoms with Gasteiger partial charge in [-0.2, -0.15) is 4.52 Å². The second kappa shape index (κ2) is 7.73. The molecule has 7 heteroatoms. The SMILES string of the molecule is CCc1ccc(CNC(=O)C2CCN(c3ccc4nncn4n3)CC2)cc1. The minimum Gasteiger partial charge on any atom is -0.355 e. The first-order chi connectivity index (χ1) is 13.2. The molecule has 0 bridgehead atoms. The topological polar surface area (TPSA) is 75.4 Å². The first-order valence-corrected chi connectivity index (χ1v) is 9.50. The number of carbonyl (C=O) groups is 1. The third kappa shape index (κ3) is 3.92. The van der Waals surface area contributed by atoms with E-state index in [0.717, 1.165) is 49.4 Å². The monoisotopic (exact) mass is 364 g/mol.